The Bertz CT molecular complexity index is 673. The highest BCUT2D eigenvalue weighted by Crippen LogP contribution is 2.23. The molecule has 1 aliphatic rings. The highest BCUT2D eigenvalue weighted by Gasteiger charge is 2.39. The van der Waals surface area contributed by atoms with Crippen LogP contribution in [0.25, 0.3) is 0 Å². The summed E-state index contributed by atoms with van der Waals surface area (Å²) in [6, 6.07) is 2.95. The number of nitrogens with one attached hydrogen (secondary N) is 1. The molecule has 116 valence electrons. The summed E-state index contributed by atoms with van der Waals surface area (Å²) < 4.78 is 22.9. The molecule has 1 aromatic carbocycles. The van der Waals surface area contributed by atoms with Crippen molar-refractivity contribution in [2.24, 2.45) is 0 Å². The molecule has 1 aliphatic heterocycles. The highest BCUT2D eigenvalue weighted by molar-refractivity contribution is 6.15. The molecule has 1 saturated heterocycles. The summed E-state index contributed by atoms with van der Waals surface area (Å²) in [5, 5.41) is 11.4. The fourth-order valence-corrected chi connectivity index (χ4v) is 1.75. The van der Waals surface area contributed by atoms with E-state index in [-0.39, 0.29) is 11.3 Å². The lowest BCUT2D eigenvalue weighted by atomic mass is 10.1. The van der Waals surface area contributed by atoms with E-state index in [2.05, 4.69) is 5.32 Å². The predicted molar refractivity (Wildman–Crippen MR) is 71.3 cm³/mol. The van der Waals surface area contributed by atoms with E-state index in [1.54, 1.807) is 0 Å². The minimum atomic E-state index is -1.38. The van der Waals surface area contributed by atoms with Crippen LogP contribution in [0.5, 0.6) is 0 Å². The number of anilines is 1. The molecule has 0 saturated carbocycles. The number of ether oxygens (including phenoxy) is 2. The molecule has 2 N–H and O–H groups in total. The van der Waals surface area contributed by atoms with Gasteiger partial charge in [0.1, 0.15) is 5.82 Å². The molecule has 0 unspecified atom stereocenters. The average molecular weight is 309 g/mol. The second-order valence-corrected chi connectivity index (χ2v) is 4.88. The highest BCUT2D eigenvalue weighted by atomic mass is 19.1. The second-order valence-electron chi connectivity index (χ2n) is 4.88. The Hall–Kier alpha value is -2.90. The van der Waals surface area contributed by atoms with E-state index in [9.17, 15) is 18.8 Å². The molecule has 0 aromatic heterocycles. The number of carboxylic acid groups (broad SMARTS) is 1. The second kappa shape index (κ2) is 5.47. The van der Waals surface area contributed by atoms with Gasteiger partial charge in [0.25, 0.3) is 5.79 Å². The fourth-order valence-electron chi connectivity index (χ4n) is 1.75. The normalized spacial score (nSPS) is 16.6. The number of aromatic carboxylic acids is 1. The Morgan fingerprint density at radius 2 is 1.86 bits per heavy atom. The quantitative estimate of drug-likeness (QED) is 0.497. The van der Waals surface area contributed by atoms with Crippen molar-refractivity contribution in [1.29, 1.82) is 0 Å². The van der Waals surface area contributed by atoms with Gasteiger partial charge in [0.05, 0.1) is 11.3 Å². The number of cyclic esters (lactones) is 2. The molecular formula is C14H12FNO6. The maximum Gasteiger partial charge on any atom is 0.350 e. The number of hydrogen-bond donors (Lipinski definition) is 2. The molecule has 1 heterocycles. The molecule has 2 rings (SSSR count). The molecule has 0 spiro atoms. The first-order chi connectivity index (χ1) is 10.2. The Labute approximate surface area is 124 Å². The zero-order valence-electron chi connectivity index (χ0n) is 11.7. The summed E-state index contributed by atoms with van der Waals surface area (Å²) in [6.45, 7) is 2.78. The van der Waals surface area contributed by atoms with Crippen molar-refractivity contribution in [2.75, 3.05) is 5.32 Å². The van der Waals surface area contributed by atoms with E-state index in [1.165, 1.54) is 13.8 Å². The third-order valence-corrected chi connectivity index (χ3v) is 2.70. The van der Waals surface area contributed by atoms with Crippen LogP contribution in [0.15, 0.2) is 30.0 Å². The van der Waals surface area contributed by atoms with Crippen LogP contribution in [0.2, 0.25) is 0 Å². The van der Waals surface area contributed by atoms with Gasteiger partial charge < -0.3 is 19.9 Å². The SMILES string of the molecule is CC1(C)OC(=O)C(=CNc2cc(F)ccc2C(=O)O)C(=O)O1. The van der Waals surface area contributed by atoms with Crippen LogP contribution in [0.3, 0.4) is 0 Å². The number of carbonyl (C=O) groups is 3. The molecular weight excluding hydrogens is 297 g/mol. The summed E-state index contributed by atoms with van der Waals surface area (Å²) in [5.74, 6) is -5.21. The van der Waals surface area contributed by atoms with Gasteiger partial charge in [-0.05, 0) is 18.2 Å². The maximum absolute atomic E-state index is 13.2. The third kappa shape index (κ3) is 3.22. The van der Waals surface area contributed by atoms with E-state index in [1.807, 2.05) is 0 Å². The van der Waals surface area contributed by atoms with E-state index in [0.29, 0.717) is 0 Å². The average Bonchev–Trinajstić information content (AvgIpc) is 2.35. The minimum absolute atomic E-state index is 0.120. The number of halogens is 1. The van der Waals surface area contributed by atoms with Gasteiger partial charge in [0, 0.05) is 20.0 Å². The van der Waals surface area contributed by atoms with Crippen LogP contribution in [0.4, 0.5) is 10.1 Å². The molecule has 0 amide bonds. The molecule has 0 radical (unpaired) electrons. The molecule has 8 heteroatoms. The van der Waals surface area contributed by atoms with E-state index in [0.717, 1.165) is 24.4 Å². The molecule has 0 atom stereocenters. The summed E-state index contributed by atoms with van der Waals surface area (Å²) in [4.78, 5) is 34.4. The van der Waals surface area contributed by atoms with Gasteiger partial charge in [0.2, 0.25) is 0 Å². The van der Waals surface area contributed by atoms with Gasteiger partial charge in [-0.25, -0.2) is 18.8 Å². The summed E-state index contributed by atoms with van der Waals surface area (Å²) >= 11 is 0. The summed E-state index contributed by atoms with van der Waals surface area (Å²) in [7, 11) is 0. The first kappa shape index (κ1) is 15.5. The van der Waals surface area contributed by atoms with Crippen LogP contribution in [0.1, 0.15) is 24.2 Å². The molecule has 0 bridgehead atoms. The van der Waals surface area contributed by atoms with Crippen molar-refractivity contribution in [3.63, 3.8) is 0 Å². The fraction of sp³-hybridized carbons (Fsp3) is 0.214. The van der Waals surface area contributed by atoms with Gasteiger partial charge in [-0.1, -0.05) is 0 Å². The largest absolute Gasteiger partial charge is 0.478 e. The molecule has 0 aliphatic carbocycles. The lowest BCUT2D eigenvalue weighted by Crippen LogP contribution is -2.42. The first-order valence-electron chi connectivity index (χ1n) is 6.16. The van der Waals surface area contributed by atoms with E-state index in [4.69, 9.17) is 14.6 Å². The number of benzene rings is 1. The van der Waals surface area contributed by atoms with Gasteiger partial charge >= 0.3 is 17.9 Å². The van der Waals surface area contributed by atoms with Gasteiger partial charge in [-0.15, -0.1) is 0 Å². The number of rotatable bonds is 3. The van der Waals surface area contributed by atoms with Crippen molar-refractivity contribution >= 4 is 23.6 Å². The lowest BCUT2D eigenvalue weighted by Gasteiger charge is -2.29. The topological polar surface area (TPSA) is 102 Å². The van der Waals surface area contributed by atoms with Gasteiger partial charge in [-0.3, -0.25) is 0 Å². The number of carbonyl (C=O) groups excluding carboxylic acids is 2. The zero-order chi connectivity index (χ0) is 16.5. The molecule has 22 heavy (non-hydrogen) atoms. The Kier molecular flexibility index (Phi) is 3.85. The van der Waals surface area contributed by atoms with Crippen LogP contribution in [-0.2, 0) is 19.1 Å². The van der Waals surface area contributed by atoms with Crippen molar-refractivity contribution in [3.05, 3.63) is 41.4 Å². The maximum atomic E-state index is 13.2. The minimum Gasteiger partial charge on any atom is -0.478 e. The van der Waals surface area contributed by atoms with E-state index >= 15 is 0 Å². The van der Waals surface area contributed by atoms with Crippen molar-refractivity contribution in [3.8, 4) is 0 Å². The molecule has 7 nitrogen and oxygen atoms in total. The number of esters is 2. The van der Waals surface area contributed by atoms with Crippen LogP contribution >= 0.6 is 0 Å². The third-order valence-electron chi connectivity index (χ3n) is 2.70. The summed E-state index contributed by atoms with van der Waals surface area (Å²) in [6.07, 6.45) is 0.918. The van der Waals surface area contributed by atoms with Crippen molar-refractivity contribution in [1.82, 2.24) is 0 Å². The molecule has 1 aromatic rings. The van der Waals surface area contributed by atoms with Crippen LogP contribution in [-0.4, -0.2) is 28.8 Å². The Balaban J connectivity index is 2.29. The van der Waals surface area contributed by atoms with Crippen LogP contribution < -0.4 is 5.32 Å². The monoisotopic (exact) mass is 309 g/mol. The van der Waals surface area contributed by atoms with Crippen molar-refractivity contribution in [2.45, 2.75) is 19.6 Å². The Morgan fingerprint density at radius 1 is 1.27 bits per heavy atom. The van der Waals surface area contributed by atoms with E-state index < -0.39 is 35.1 Å². The first-order valence-corrected chi connectivity index (χ1v) is 6.16. The lowest BCUT2D eigenvalue weighted by molar-refractivity contribution is -0.222. The smallest absolute Gasteiger partial charge is 0.350 e. The van der Waals surface area contributed by atoms with Gasteiger partial charge in [-0.2, -0.15) is 0 Å². The van der Waals surface area contributed by atoms with Crippen LogP contribution in [0, 0.1) is 5.82 Å². The number of hydrogen-bond acceptors (Lipinski definition) is 6. The zero-order valence-corrected chi connectivity index (χ0v) is 11.7. The predicted octanol–water partition coefficient (Wildman–Crippen LogP) is 1.66. The van der Waals surface area contributed by atoms with Gasteiger partial charge in [0.15, 0.2) is 5.57 Å². The number of carboxylic acids is 1. The summed E-state index contributed by atoms with van der Waals surface area (Å²) in [5.41, 5.74) is -0.804. The standard InChI is InChI=1S/C14H12FNO6/c1-14(2)21-12(19)9(13(20)22-14)6-16-10-5-7(15)3-4-8(10)11(17)18/h3-6,16H,1-2H3,(H,17,18). The molecule has 1 fully saturated rings. The Morgan fingerprint density at radius 3 is 2.41 bits per heavy atom. The van der Waals surface area contributed by atoms with Crippen molar-refractivity contribution < 1.29 is 33.4 Å².